The minimum Gasteiger partial charge on any atom is -0.452 e. The molecule has 0 saturated heterocycles. The molecule has 0 atom stereocenters. The third-order valence-electron chi connectivity index (χ3n) is 3.68. The zero-order valence-electron chi connectivity index (χ0n) is 14.4. The highest BCUT2D eigenvalue weighted by Crippen LogP contribution is 2.25. The Morgan fingerprint density at radius 2 is 2.00 bits per heavy atom. The van der Waals surface area contributed by atoms with Gasteiger partial charge in [0.15, 0.2) is 11.7 Å². The number of benzene rings is 1. The molecule has 6 nitrogen and oxygen atoms in total. The lowest BCUT2D eigenvalue weighted by atomic mass is 10.1. The van der Waals surface area contributed by atoms with Crippen LogP contribution in [0.2, 0.25) is 0 Å². The van der Waals surface area contributed by atoms with Gasteiger partial charge >= 0.3 is 5.97 Å². The number of esters is 1. The van der Waals surface area contributed by atoms with Crippen molar-refractivity contribution in [1.82, 2.24) is 9.97 Å². The minimum absolute atomic E-state index is 0.268. The first-order chi connectivity index (χ1) is 13.0. The van der Waals surface area contributed by atoms with Gasteiger partial charge in [0.05, 0.1) is 11.3 Å². The maximum absolute atomic E-state index is 12.0. The molecule has 0 aliphatic carbocycles. The third kappa shape index (κ3) is 5.21. The second-order valence-electron chi connectivity index (χ2n) is 5.60. The summed E-state index contributed by atoms with van der Waals surface area (Å²) in [5.74, 6) is -1.07. The van der Waals surface area contributed by atoms with Gasteiger partial charge in [-0.1, -0.05) is 31.2 Å². The van der Waals surface area contributed by atoms with Gasteiger partial charge in [0.2, 0.25) is 0 Å². The predicted molar refractivity (Wildman–Crippen MR) is 108 cm³/mol. The van der Waals surface area contributed by atoms with E-state index in [0.717, 1.165) is 17.7 Å². The van der Waals surface area contributed by atoms with Gasteiger partial charge in [0.25, 0.3) is 5.91 Å². The lowest BCUT2D eigenvalue weighted by molar-refractivity contribution is -0.119. The van der Waals surface area contributed by atoms with Crippen molar-refractivity contribution >= 4 is 44.3 Å². The first-order valence-corrected chi connectivity index (χ1v) is 9.85. The van der Waals surface area contributed by atoms with Gasteiger partial charge in [-0.05, 0) is 34.0 Å². The van der Waals surface area contributed by atoms with Crippen molar-refractivity contribution < 1.29 is 14.3 Å². The molecule has 2 heterocycles. The number of amides is 1. The molecule has 0 bridgehead atoms. The third-order valence-corrected chi connectivity index (χ3v) is 4.87. The van der Waals surface area contributed by atoms with Crippen molar-refractivity contribution in [3.63, 3.8) is 0 Å². The van der Waals surface area contributed by atoms with Gasteiger partial charge in [-0.15, -0.1) is 11.3 Å². The fourth-order valence-corrected chi connectivity index (χ4v) is 3.37. The van der Waals surface area contributed by atoms with Gasteiger partial charge in [0, 0.05) is 27.8 Å². The molecule has 3 rings (SSSR count). The van der Waals surface area contributed by atoms with E-state index in [2.05, 4.69) is 50.3 Å². The Morgan fingerprint density at radius 3 is 2.70 bits per heavy atom. The van der Waals surface area contributed by atoms with Gasteiger partial charge < -0.3 is 4.74 Å². The molecule has 2 aromatic heterocycles. The highest BCUT2D eigenvalue weighted by Gasteiger charge is 2.13. The number of halogens is 1. The Labute approximate surface area is 168 Å². The summed E-state index contributed by atoms with van der Waals surface area (Å²) in [6, 6.07) is 9.71. The molecule has 0 radical (unpaired) electrons. The van der Waals surface area contributed by atoms with Crippen molar-refractivity contribution in [2.75, 3.05) is 11.9 Å². The molecule has 0 spiro atoms. The van der Waals surface area contributed by atoms with E-state index in [1.165, 1.54) is 23.1 Å². The zero-order valence-corrected chi connectivity index (χ0v) is 16.8. The van der Waals surface area contributed by atoms with E-state index < -0.39 is 18.5 Å². The number of thiazole rings is 1. The lowest BCUT2D eigenvalue weighted by Gasteiger charge is -2.04. The van der Waals surface area contributed by atoms with Crippen LogP contribution in [0.25, 0.3) is 11.3 Å². The fourth-order valence-electron chi connectivity index (χ4n) is 2.27. The number of aromatic nitrogens is 2. The van der Waals surface area contributed by atoms with Crippen LogP contribution in [-0.2, 0) is 16.0 Å². The Kier molecular flexibility index (Phi) is 6.31. The van der Waals surface area contributed by atoms with Crippen LogP contribution in [-0.4, -0.2) is 28.5 Å². The number of hydrogen-bond donors (Lipinski definition) is 1. The van der Waals surface area contributed by atoms with Crippen LogP contribution >= 0.6 is 27.3 Å². The van der Waals surface area contributed by atoms with E-state index in [4.69, 9.17) is 4.74 Å². The number of nitrogens with zero attached hydrogens (tertiary/aromatic N) is 2. The SMILES string of the molecule is CCc1ccc(-c2csc(NC(=O)COC(=O)c3cncc(Br)c3)n2)cc1. The highest BCUT2D eigenvalue weighted by molar-refractivity contribution is 9.10. The number of anilines is 1. The van der Waals surface area contributed by atoms with Crippen LogP contribution in [0.5, 0.6) is 0 Å². The molecule has 1 N–H and O–H groups in total. The molecule has 0 aliphatic heterocycles. The quantitative estimate of drug-likeness (QED) is 0.571. The van der Waals surface area contributed by atoms with E-state index in [-0.39, 0.29) is 5.56 Å². The molecular formula is C19H16BrN3O3S. The molecule has 0 unspecified atom stereocenters. The number of pyridine rings is 1. The lowest BCUT2D eigenvalue weighted by Crippen LogP contribution is -2.20. The van der Waals surface area contributed by atoms with Crippen molar-refractivity contribution in [2.45, 2.75) is 13.3 Å². The topological polar surface area (TPSA) is 81.2 Å². The summed E-state index contributed by atoms with van der Waals surface area (Å²) >= 11 is 4.54. The molecule has 0 saturated carbocycles. The van der Waals surface area contributed by atoms with E-state index in [1.54, 1.807) is 12.3 Å². The van der Waals surface area contributed by atoms with Gasteiger partial charge in [-0.3, -0.25) is 15.1 Å². The van der Waals surface area contributed by atoms with E-state index >= 15 is 0 Å². The summed E-state index contributed by atoms with van der Waals surface area (Å²) in [5, 5.41) is 4.96. The smallest absolute Gasteiger partial charge is 0.340 e. The Balaban J connectivity index is 1.55. The average molecular weight is 446 g/mol. The minimum atomic E-state index is -0.616. The molecule has 8 heteroatoms. The second-order valence-corrected chi connectivity index (χ2v) is 7.38. The summed E-state index contributed by atoms with van der Waals surface area (Å²) in [4.78, 5) is 32.2. The largest absolute Gasteiger partial charge is 0.452 e. The Hall–Kier alpha value is -2.58. The molecule has 1 amide bonds. The second kappa shape index (κ2) is 8.88. The first-order valence-electron chi connectivity index (χ1n) is 8.17. The number of carbonyl (C=O) groups excluding carboxylic acids is 2. The van der Waals surface area contributed by atoms with Gasteiger partial charge in [-0.25, -0.2) is 9.78 Å². The Bertz CT molecular complexity index is 957. The van der Waals surface area contributed by atoms with E-state index in [0.29, 0.717) is 9.60 Å². The fraction of sp³-hybridized carbons (Fsp3) is 0.158. The molecule has 3 aromatic rings. The number of carbonyl (C=O) groups is 2. The van der Waals surface area contributed by atoms with E-state index in [1.807, 2.05) is 17.5 Å². The Morgan fingerprint density at radius 1 is 1.22 bits per heavy atom. The van der Waals surface area contributed by atoms with Crippen LogP contribution < -0.4 is 5.32 Å². The first kappa shape index (κ1) is 19.2. The summed E-state index contributed by atoms with van der Waals surface area (Å²) in [6.07, 6.45) is 3.91. The molecule has 138 valence electrons. The number of nitrogens with one attached hydrogen (secondary N) is 1. The molecular weight excluding hydrogens is 430 g/mol. The number of rotatable bonds is 6. The molecule has 1 aromatic carbocycles. The molecule has 0 aliphatic rings. The molecule has 27 heavy (non-hydrogen) atoms. The van der Waals surface area contributed by atoms with Crippen LogP contribution in [0.15, 0.2) is 52.6 Å². The summed E-state index contributed by atoms with van der Waals surface area (Å²) in [6.45, 7) is 1.71. The standard InChI is InChI=1S/C19H16BrN3O3S/c1-2-12-3-5-13(6-4-12)16-11-27-19(22-16)23-17(24)10-26-18(25)14-7-15(20)9-21-8-14/h3-9,11H,2,10H2,1H3,(H,22,23,24). The maximum Gasteiger partial charge on any atom is 0.340 e. The highest BCUT2D eigenvalue weighted by atomic mass is 79.9. The summed E-state index contributed by atoms with van der Waals surface area (Å²) in [5.41, 5.74) is 3.29. The zero-order chi connectivity index (χ0) is 19.2. The molecule has 0 fully saturated rings. The number of hydrogen-bond acceptors (Lipinski definition) is 6. The van der Waals surface area contributed by atoms with Gasteiger partial charge in [-0.2, -0.15) is 0 Å². The van der Waals surface area contributed by atoms with Crippen LogP contribution in [0.3, 0.4) is 0 Å². The summed E-state index contributed by atoms with van der Waals surface area (Å²) < 4.78 is 5.66. The van der Waals surface area contributed by atoms with Crippen molar-refractivity contribution in [3.8, 4) is 11.3 Å². The van der Waals surface area contributed by atoms with Crippen molar-refractivity contribution in [1.29, 1.82) is 0 Å². The summed E-state index contributed by atoms with van der Waals surface area (Å²) in [7, 11) is 0. The number of aryl methyl sites for hydroxylation is 1. The van der Waals surface area contributed by atoms with Crippen molar-refractivity contribution in [3.05, 3.63) is 63.7 Å². The van der Waals surface area contributed by atoms with Gasteiger partial charge in [0.1, 0.15) is 0 Å². The monoisotopic (exact) mass is 445 g/mol. The average Bonchev–Trinajstić information content (AvgIpc) is 3.14. The normalized spacial score (nSPS) is 10.4. The van der Waals surface area contributed by atoms with Crippen LogP contribution in [0, 0.1) is 0 Å². The van der Waals surface area contributed by atoms with Crippen molar-refractivity contribution in [2.24, 2.45) is 0 Å². The van der Waals surface area contributed by atoms with Crippen LogP contribution in [0.4, 0.5) is 5.13 Å². The predicted octanol–water partition coefficient (Wildman–Crippen LogP) is 4.33. The van der Waals surface area contributed by atoms with E-state index in [9.17, 15) is 9.59 Å². The van der Waals surface area contributed by atoms with Crippen LogP contribution in [0.1, 0.15) is 22.8 Å². The maximum atomic E-state index is 12.0. The number of ether oxygens (including phenoxy) is 1.